The van der Waals surface area contributed by atoms with Crippen LogP contribution < -0.4 is 20.0 Å². The normalized spacial score (nSPS) is 19.4. The predicted octanol–water partition coefficient (Wildman–Crippen LogP) is 4.77. The molecule has 3 aromatic carbocycles. The van der Waals surface area contributed by atoms with Gasteiger partial charge in [0.2, 0.25) is 17.7 Å². The number of benzene rings is 3. The number of nitrogens with one attached hydrogen (secondary N) is 1. The van der Waals surface area contributed by atoms with Gasteiger partial charge in [0.15, 0.2) is 0 Å². The van der Waals surface area contributed by atoms with Gasteiger partial charge < -0.3 is 15.3 Å². The van der Waals surface area contributed by atoms with Gasteiger partial charge in [0.1, 0.15) is 17.5 Å². The maximum Gasteiger partial charge on any atom is 0.308 e. The highest BCUT2D eigenvalue weighted by atomic mass is 35.5. The summed E-state index contributed by atoms with van der Waals surface area (Å²) in [5, 5.41) is 12.5. The third kappa shape index (κ3) is 4.97. The molecule has 0 aliphatic carbocycles. The van der Waals surface area contributed by atoms with Crippen LogP contribution >= 0.6 is 34.7 Å². The molecule has 1 saturated heterocycles. The number of aromatic hydroxyl groups is 1. The van der Waals surface area contributed by atoms with Crippen LogP contribution in [0.2, 0.25) is 5.02 Å². The van der Waals surface area contributed by atoms with Gasteiger partial charge in [-0.3, -0.25) is 23.7 Å². The number of thiazole rings is 1. The molecule has 3 amide bonds. The highest BCUT2D eigenvalue weighted by Gasteiger charge is 2.56. The van der Waals surface area contributed by atoms with E-state index in [2.05, 4.69) is 5.32 Å². The number of fused-ring (bicyclic) bond motifs is 2. The van der Waals surface area contributed by atoms with Crippen molar-refractivity contribution in [3.8, 4) is 5.75 Å². The van der Waals surface area contributed by atoms with Crippen LogP contribution in [0.1, 0.15) is 16.4 Å². The van der Waals surface area contributed by atoms with Gasteiger partial charge in [0, 0.05) is 41.3 Å². The molecular formula is C30H25ClN4O5S2. The van der Waals surface area contributed by atoms with Crippen LogP contribution in [0, 0.1) is 5.92 Å². The second-order valence-electron chi connectivity index (χ2n) is 10.2. The van der Waals surface area contributed by atoms with Crippen molar-refractivity contribution in [1.82, 2.24) is 4.57 Å². The number of anilines is 3. The molecule has 2 aliphatic heterocycles. The summed E-state index contributed by atoms with van der Waals surface area (Å²) in [6.07, 6.45) is 0. The van der Waals surface area contributed by atoms with Gasteiger partial charge in [-0.1, -0.05) is 46.8 Å². The van der Waals surface area contributed by atoms with Gasteiger partial charge in [-0.25, -0.2) is 4.90 Å². The molecule has 0 spiro atoms. The van der Waals surface area contributed by atoms with Gasteiger partial charge in [0.25, 0.3) is 0 Å². The van der Waals surface area contributed by atoms with Crippen molar-refractivity contribution in [1.29, 1.82) is 0 Å². The molecule has 9 nitrogen and oxygen atoms in total. The number of aromatic nitrogens is 1. The van der Waals surface area contributed by atoms with Crippen molar-refractivity contribution < 1.29 is 19.5 Å². The molecule has 0 bridgehead atoms. The molecular weight excluding hydrogens is 596 g/mol. The fraction of sp³-hybridized carbons (Fsp3) is 0.200. The van der Waals surface area contributed by atoms with E-state index in [9.17, 15) is 24.3 Å². The lowest BCUT2D eigenvalue weighted by molar-refractivity contribution is -0.122. The zero-order valence-electron chi connectivity index (χ0n) is 22.5. The SMILES string of the molecule is CN(C)c1ccc(C2c3sc(=O)n(CC(=O)Nc4ccc(O)cc4)c3SC3C(=O)N(c4ccc(Cl)cc4)C(=O)C32)cc1. The Hall–Kier alpha value is -4.06. The molecule has 1 aromatic heterocycles. The second-order valence-corrected chi connectivity index (χ2v) is 12.8. The van der Waals surface area contributed by atoms with E-state index in [0.717, 1.165) is 34.3 Å². The molecule has 0 radical (unpaired) electrons. The van der Waals surface area contributed by atoms with Crippen molar-refractivity contribution in [2.75, 3.05) is 29.2 Å². The van der Waals surface area contributed by atoms with Crippen LogP contribution in [0.15, 0.2) is 82.6 Å². The lowest BCUT2D eigenvalue weighted by atomic mass is 9.83. The molecule has 3 heterocycles. The van der Waals surface area contributed by atoms with Crippen molar-refractivity contribution in [3.63, 3.8) is 0 Å². The molecule has 12 heteroatoms. The number of thioether (sulfide) groups is 1. The smallest absolute Gasteiger partial charge is 0.308 e. The standard InChI is InChI=1S/C30H25ClN4O5S2/c1-33(2)19-9-3-16(4-10-19)23-24-25(28(39)35(27(24)38)20-11-5-17(31)6-12-20)41-29-26(23)42-30(40)34(29)15-22(37)32-18-7-13-21(36)14-8-18/h3-14,23-25,36H,15H2,1-2H3,(H,32,37). The molecule has 3 atom stereocenters. The van der Waals surface area contributed by atoms with E-state index in [1.807, 2.05) is 43.3 Å². The summed E-state index contributed by atoms with van der Waals surface area (Å²) in [5.41, 5.74) is 2.67. The van der Waals surface area contributed by atoms with Gasteiger partial charge in [-0.05, 0) is 66.2 Å². The maximum atomic E-state index is 14.0. The first-order valence-corrected chi connectivity index (χ1v) is 15.1. The van der Waals surface area contributed by atoms with E-state index in [0.29, 0.717) is 26.3 Å². The highest BCUT2D eigenvalue weighted by molar-refractivity contribution is 8.00. The summed E-state index contributed by atoms with van der Waals surface area (Å²) < 4.78 is 1.38. The first kappa shape index (κ1) is 28.1. The van der Waals surface area contributed by atoms with Gasteiger partial charge >= 0.3 is 4.87 Å². The van der Waals surface area contributed by atoms with Crippen LogP contribution in [-0.4, -0.2) is 46.7 Å². The van der Waals surface area contributed by atoms with Gasteiger partial charge in [-0.15, -0.1) is 0 Å². The summed E-state index contributed by atoms with van der Waals surface area (Å²) in [7, 11) is 3.86. The summed E-state index contributed by atoms with van der Waals surface area (Å²) in [6.45, 7) is -0.273. The Kier molecular flexibility index (Phi) is 7.34. The van der Waals surface area contributed by atoms with Crippen molar-refractivity contribution in [3.05, 3.63) is 97.9 Å². The minimum absolute atomic E-state index is 0.0650. The summed E-state index contributed by atoms with van der Waals surface area (Å²) in [4.78, 5) is 57.6. The largest absolute Gasteiger partial charge is 0.508 e. The molecule has 4 aromatic rings. The summed E-state index contributed by atoms with van der Waals surface area (Å²) >= 11 is 8.21. The Morgan fingerprint density at radius 3 is 2.26 bits per heavy atom. The molecule has 3 unspecified atom stereocenters. The van der Waals surface area contributed by atoms with E-state index in [-0.39, 0.29) is 29.0 Å². The molecule has 1 fully saturated rings. The topological polar surface area (TPSA) is 112 Å². The van der Waals surface area contributed by atoms with Crippen molar-refractivity contribution in [2.45, 2.75) is 22.7 Å². The summed E-state index contributed by atoms with van der Waals surface area (Å²) in [6, 6.07) is 20.3. The third-order valence-corrected chi connectivity index (χ3v) is 10.2. The Balaban J connectivity index is 1.41. The third-order valence-electron chi connectivity index (χ3n) is 7.36. The van der Waals surface area contributed by atoms with E-state index in [1.165, 1.54) is 21.6 Å². The Morgan fingerprint density at radius 1 is 0.952 bits per heavy atom. The van der Waals surface area contributed by atoms with Gasteiger partial charge in [-0.2, -0.15) is 0 Å². The first-order valence-electron chi connectivity index (χ1n) is 13.0. The Labute approximate surface area is 254 Å². The lowest BCUT2D eigenvalue weighted by Gasteiger charge is -2.31. The number of halogens is 1. The number of hydrogen-bond acceptors (Lipinski definition) is 8. The summed E-state index contributed by atoms with van der Waals surface area (Å²) in [5.74, 6) is -2.39. The zero-order valence-corrected chi connectivity index (χ0v) is 24.9. The fourth-order valence-corrected chi connectivity index (χ4v) is 8.23. The van der Waals surface area contributed by atoms with Crippen LogP contribution in [-0.2, 0) is 20.9 Å². The minimum Gasteiger partial charge on any atom is -0.508 e. The van der Waals surface area contributed by atoms with Gasteiger partial charge in [0.05, 0.1) is 16.6 Å². The quantitative estimate of drug-likeness (QED) is 0.236. The fourth-order valence-electron chi connectivity index (χ4n) is 5.33. The molecule has 42 heavy (non-hydrogen) atoms. The Morgan fingerprint density at radius 2 is 1.62 bits per heavy atom. The number of rotatable bonds is 6. The number of carbonyl (C=O) groups excluding carboxylic acids is 3. The molecule has 6 rings (SSSR count). The number of carbonyl (C=O) groups is 3. The average molecular weight is 621 g/mol. The van der Waals surface area contributed by atoms with E-state index in [1.54, 1.807) is 36.4 Å². The lowest BCUT2D eigenvalue weighted by Crippen LogP contribution is -2.33. The number of amides is 3. The van der Waals surface area contributed by atoms with Crippen LogP contribution in [0.5, 0.6) is 5.75 Å². The van der Waals surface area contributed by atoms with Crippen LogP contribution in [0.25, 0.3) is 0 Å². The average Bonchev–Trinajstić information content (AvgIpc) is 3.41. The number of phenolic OH excluding ortho intramolecular Hbond substituents is 1. The first-order chi connectivity index (χ1) is 20.1. The molecule has 2 N–H and O–H groups in total. The van der Waals surface area contributed by atoms with Crippen molar-refractivity contribution >= 4 is 69.5 Å². The van der Waals surface area contributed by atoms with E-state index >= 15 is 0 Å². The minimum atomic E-state index is -0.792. The molecule has 214 valence electrons. The molecule has 0 saturated carbocycles. The van der Waals surface area contributed by atoms with E-state index < -0.39 is 23.0 Å². The van der Waals surface area contributed by atoms with Crippen molar-refractivity contribution in [2.24, 2.45) is 5.92 Å². The van der Waals surface area contributed by atoms with Crippen LogP contribution in [0.4, 0.5) is 17.1 Å². The second kappa shape index (κ2) is 11.0. The monoisotopic (exact) mass is 620 g/mol. The highest BCUT2D eigenvalue weighted by Crippen LogP contribution is 2.54. The van der Waals surface area contributed by atoms with E-state index in [4.69, 9.17) is 11.6 Å². The predicted molar refractivity (Wildman–Crippen MR) is 165 cm³/mol. The number of phenols is 1. The zero-order chi connectivity index (χ0) is 29.7. The van der Waals surface area contributed by atoms with Crippen LogP contribution in [0.3, 0.4) is 0 Å². The number of imide groups is 1. The maximum absolute atomic E-state index is 14.0. The molecule has 2 aliphatic rings. The Bertz CT molecular complexity index is 1750. The number of hydrogen-bond donors (Lipinski definition) is 2. The number of nitrogens with zero attached hydrogens (tertiary/aromatic N) is 3.